The van der Waals surface area contributed by atoms with Crippen LogP contribution in [-0.2, 0) is 0 Å². The average molecular weight is 322 g/mol. The van der Waals surface area contributed by atoms with Gasteiger partial charge in [-0.1, -0.05) is 54.2 Å². The molecule has 0 unspecified atom stereocenters. The number of carbonyl (C=O) groups excluding carboxylic acids is 1. The molecule has 0 aliphatic heterocycles. The van der Waals surface area contributed by atoms with Gasteiger partial charge in [-0.05, 0) is 31.0 Å². The quantitative estimate of drug-likeness (QED) is 0.514. The lowest BCUT2D eigenvalue weighted by atomic mass is 10.1. The van der Waals surface area contributed by atoms with Gasteiger partial charge in [0.05, 0.1) is 11.4 Å². The fraction of sp³-hybridized carbons (Fsp3) is 0.158. The molecule has 0 aliphatic carbocycles. The van der Waals surface area contributed by atoms with E-state index in [4.69, 9.17) is 0 Å². The SMILES string of the molecule is Cc1ccc(C)c(-n2ccnc2SCC(=O)c2ccccc2)c1. The molecule has 0 fully saturated rings. The van der Waals surface area contributed by atoms with E-state index in [1.165, 1.54) is 22.9 Å². The highest BCUT2D eigenvalue weighted by Gasteiger charge is 2.11. The number of aryl methyl sites for hydroxylation is 2. The van der Waals surface area contributed by atoms with E-state index in [0.29, 0.717) is 5.75 Å². The molecule has 1 aromatic heterocycles. The van der Waals surface area contributed by atoms with E-state index < -0.39 is 0 Å². The van der Waals surface area contributed by atoms with Crippen LogP contribution in [0.3, 0.4) is 0 Å². The number of aromatic nitrogens is 2. The van der Waals surface area contributed by atoms with E-state index in [2.05, 4.69) is 37.0 Å². The average Bonchev–Trinajstić information content (AvgIpc) is 3.04. The third kappa shape index (κ3) is 3.54. The molecule has 0 radical (unpaired) electrons. The Morgan fingerprint density at radius 3 is 2.70 bits per heavy atom. The summed E-state index contributed by atoms with van der Waals surface area (Å²) in [6.45, 7) is 4.16. The van der Waals surface area contributed by atoms with Gasteiger partial charge in [-0.15, -0.1) is 0 Å². The third-order valence-electron chi connectivity index (χ3n) is 3.66. The largest absolute Gasteiger partial charge is 0.295 e. The van der Waals surface area contributed by atoms with Crippen LogP contribution >= 0.6 is 11.8 Å². The Morgan fingerprint density at radius 2 is 1.91 bits per heavy atom. The van der Waals surface area contributed by atoms with Crippen molar-refractivity contribution >= 4 is 17.5 Å². The highest BCUT2D eigenvalue weighted by Crippen LogP contribution is 2.24. The zero-order valence-corrected chi connectivity index (χ0v) is 14.0. The van der Waals surface area contributed by atoms with Crippen molar-refractivity contribution in [1.29, 1.82) is 0 Å². The summed E-state index contributed by atoms with van der Waals surface area (Å²) in [6.07, 6.45) is 3.72. The first-order chi connectivity index (χ1) is 11.1. The smallest absolute Gasteiger partial charge is 0.173 e. The minimum Gasteiger partial charge on any atom is -0.295 e. The second-order valence-electron chi connectivity index (χ2n) is 5.45. The van der Waals surface area contributed by atoms with Crippen LogP contribution in [0.25, 0.3) is 5.69 Å². The lowest BCUT2D eigenvalue weighted by Crippen LogP contribution is -2.04. The maximum Gasteiger partial charge on any atom is 0.173 e. The van der Waals surface area contributed by atoms with Gasteiger partial charge in [-0.2, -0.15) is 0 Å². The molecule has 0 bridgehead atoms. The summed E-state index contributed by atoms with van der Waals surface area (Å²) < 4.78 is 2.05. The van der Waals surface area contributed by atoms with Crippen LogP contribution in [0, 0.1) is 13.8 Å². The minimum absolute atomic E-state index is 0.117. The number of carbonyl (C=O) groups is 1. The fourth-order valence-corrected chi connectivity index (χ4v) is 3.26. The number of hydrogen-bond acceptors (Lipinski definition) is 3. The Kier molecular flexibility index (Phi) is 4.63. The van der Waals surface area contributed by atoms with Crippen molar-refractivity contribution in [3.05, 3.63) is 77.6 Å². The lowest BCUT2D eigenvalue weighted by Gasteiger charge is -2.11. The standard InChI is InChI=1S/C19H18N2OS/c1-14-8-9-15(2)17(12-14)21-11-10-20-19(21)23-13-18(22)16-6-4-3-5-7-16/h3-12H,13H2,1-2H3. The normalized spacial score (nSPS) is 10.7. The van der Waals surface area contributed by atoms with Crippen molar-refractivity contribution in [1.82, 2.24) is 9.55 Å². The van der Waals surface area contributed by atoms with E-state index in [-0.39, 0.29) is 5.78 Å². The van der Waals surface area contributed by atoms with Gasteiger partial charge in [0.25, 0.3) is 0 Å². The van der Waals surface area contributed by atoms with Crippen molar-refractivity contribution in [3.8, 4) is 5.69 Å². The number of hydrogen-bond donors (Lipinski definition) is 0. The second-order valence-corrected chi connectivity index (χ2v) is 6.39. The number of ketones is 1. The molecule has 3 nitrogen and oxygen atoms in total. The van der Waals surface area contributed by atoms with Crippen molar-refractivity contribution in [2.75, 3.05) is 5.75 Å². The van der Waals surface area contributed by atoms with E-state index in [1.54, 1.807) is 6.20 Å². The summed E-state index contributed by atoms with van der Waals surface area (Å²) in [7, 11) is 0. The van der Waals surface area contributed by atoms with Crippen LogP contribution in [0.5, 0.6) is 0 Å². The minimum atomic E-state index is 0.117. The molecule has 0 spiro atoms. The van der Waals surface area contributed by atoms with Crippen molar-refractivity contribution in [2.24, 2.45) is 0 Å². The van der Waals surface area contributed by atoms with Crippen LogP contribution in [0.2, 0.25) is 0 Å². The first kappa shape index (κ1) is 15.6. The predicted molar refractivity (Wildman–Crippen MR) is 94.5 cm³/mol. The van der Waals surface area contributed by atoms with Gasteiger partial charge in [0.15, 0.2) is 10.9 Å². The number of imidazole rings is 1. The summed E-state index contributed by atoms with van der Waals surface area (Å²) in [4.78, 5) is 16.7. The number of thioether (sulfide) groups is 1. The molecule has 3 aromatic rings. The van der Waals surface area contributed by atoms with E-state index in [0.717, 1.165) is 16.4 Å². The summed E-state index contributed by atoms with van der Waals surface area (Å²) in [5.74, 6) is 0.498. The van der Waals surface area contributed by atoms with Gasteiger partial charge in [-0.3, -0.25) is 9.36 Å². The second kappa shape index (κ2) is 6.84. The van der Waals surface area contributed by atoms with Crippen LogP contribution in [-0.4, -0.2) is 21.1 Å². The molecule has 2 aromatic carbocycles. The maximum absolute atomic E-state index is 12.3. The van der Waals surface area contributed by atoms with Crippen LogP contribution in [0.4, 0.5) is 0 Å². The molecule has 0 atom stereocenters. The molecule has 0 amide bonds. The van der Waals surface area contributed by atoms with E-state index in [9.17, 15) is 4.79 Å². The van der Waals surface area contributed by atoms with Crippen molar-refractivity contribution < 1.29 is 4.79 Å². The Hall–Kier alpha value is -2.33. The van der Waals surface area contributed by atoms with Crippen LogP contribution in [0.15, 0.2) is 66.1 Å². The maximum atomic E-state index is 12.3. The molecule has 1 heterocycles. The Balaban J connectivity index is 1.79. The zero-order valence-electron chi connectivity index (χ0n) is 13.2. The molecule has 0 aliphatic rings. The number of rotatable bonds is 5. The summed E-state index contributed by atoms with van der Waals surface area (Å²) >= 11 is 1.47. The summed E-state index contributed by atoms with van der Waals surface area (Å²) in [5.41, 5.74) is 4.24. The molecule has 0 saturated heterocycles. The van der Waals surface area contributed by atoms with E-state index in [1.807, 2.05) is 41.1 Å². The summed E-state index contributed by atoms with van der Waals surface area (Å²) in [6, 6.07) is 15.7. The van der Waals surface area contributed by atoms with Gasteiger partial charge >= 0.3 is 0 Å². The fourth-order valence-electron chi connectivity index (χ4n) is 2.40. The lowest BCUT2D eigenvalue weighted by molar-refractivity contribution is 0.102. The van der Waals surface area contributed by atoms with E-state index >= 15 is 0 Å². The number of Topliss-reactive ketones (excluding diaryl/α,β-unsaturated/α-hetero) is 1. The Labute approximate surface area is 140 Å². The molecule has 23 heavy (non-hydrogen) atoms. The van der Waals surface area contributed by atoms with Crippen molar-refractivity contribution in [2.45, 2.75) is 19.0 Å². The molecule has 0 saturated carbocycles. The predicted octanol–water partition coefficient (Wildman–Crippen LogP) is 4.46. The molecular formula is C19H18N2OS. The topological polar surface area (TPSA) is 34.9 Å². The molecular weight excluding hydrogens is 304 g/mol. The zero-order chi connectivity index (χ0) is 16.2. The Morgan fingerprint density at radius 1 is 1.13 bits per heavy atom. The van der Waals surface area contributed by atoms with Gasteiger partial charge < -0.3 is 0 Å². The summed E-state index contributed by atoms with van der Waals surface area (Å²) in [5, 5.41) is 0.836. The number of benzene rings is 2. The van der Waals surface area contributed by atoms with Gasteiger partial charge in [-0.25, -0.2) is 4.98 Å². The van der Waals surface area contributed by atoms with Gasteiger partial charge in [0.2, 0.25) is 0 Å². The Bertz CT molecular complexity index is 824. The van der Waals surface area contributed by atoms with Crippen molar-refractivity contribution in [3.63, 3.8) is 0 Å². The molecule has 0 N–H and O–H groups in total. The highest BCUT2D eigenvalue weighted by molar-refractivity contribution is 7.99. The van der Waals surface area contributed by atoms with Gasteiger partial charge in [0, 0.05) is 18.0 Å². The molecule has 116 valence electrons. The monoisotopic (exact) mass is 322 g/mol. The first-order valence-electron chi connectivity index (χ1n) is 7.47. The highest BCUT2D eigenvalue weighted by atomic mass is 32.2. The first-order valence-corrected chi connectivity index (χ1v) is 8.46. The molecule has 3 rings (SSSR count). The molecule has 4 heteroatoms. The third-order valence-corrected chi connectivity index (χ3v) is 4.63. The van der Waals surface area contributed by atoms with Gasteiger partial charge in [0.1, 0.15) is 0 Å². The van der Waals surface area contributed by atoms with Crippen LogP contribution < -0.4 is 0 Å². The number of nitrogens with zero attached hydrogens (tertiary/aromatic N) is 2. The van der Waals surface area contributed by atoms with Crippen LogP contribution in [0.1, 0.15) is 21.5 Å².